The number of methoxy groups -OCH3 is 1. The van der Waals surface area contributed by atoms with E-state index in [4.69, 9.17) is 9.47 Å². The number of pyridine rings is 1. The number of hydrogen-bond acceptors (Lipinski definition) is 6. The van der Waals surface area contributed by atoms with Crippen molar-refractivity contribution in [3.8, 4) is 28.6 Å². The average molecular weight is 574 g/mol. The van der Waals surface area contributed by atoms with E-state index in [0.29, 0.717) is 22.9 Å². The SMILES string of the molecule is COc1ccc2cc1OCC(=O)NCc1cc(C(=O)NC(c3cccnc3)c3ccc(C)c(C)c3)cc(c1)-n1ccnc1-2. The molecule has 0 spiro atoms. The first-order valence-corrected chi connectivity index (χ1v) is 13.9. The van der Waals surface area contributed by atoms with E-state index in [-0.39, 0.29) is 25.0 Å². The number of rotatable bonds is 5. The minimum atomic E-state index is -0.417. The summed E-state index contributed by atoms with van der Waals surface area (Å²) < 4.78 is 13.2. The molecule has 0 fully saturated rings. The fourth-order valence-electron chi connectivity index (χ4n) is 5.16. The highest BCUT2D eigenvalue weighted by molar-refractivity contribution is 5.95. The van der Waals surface area contributed by atoms with E-state index in [1.54, 1.807) is 43.9 Å². The molecule has 1 aliphatic rings. The van der Waals surface area contributed by atoms with Gasteiger partial charge in [0.25, 0.3) is 11.8 Å². The molecule has 0 aliphatic carbocycles. The maximum absolute atomic E-state index is 14.0. The Balaban J connectivity index is 1.42. The highest BCUT2D eigenvalue weighted by atomic mass is 16.5. The number of carbonyl (C=O) groups is 2. The van der Waals surface area contributed by atoms with Crippen LogP contribution in [0.15, 0.2) is 91.5 Å². The maximum atomic E-state index is 14.0. The van der Waals surface area contributed by atoms with E-state index in [1.165, 1.54) is 5.56 Å². The number of imidazole rings is 1. The van der Waals surface area contributed by atoms with Crippen LogP contribution >= 0.6 is 0 Å². The van der Waals surface area contributed by atoms with Gasteiger partial charge in [0.15, 0.2) is 18.1 Å². The summed E-state index contributed by atoms with van der Waals surface area (Å²) in [6.07, 6.45) is 7.02. The van der Waals surface area contributed by atoms with Gasteiger partial charge in [0.1, 0.15) is 5.82 Å². The maximum Gasteiger partial charge on any atom is 0.258 e. The van der Waals surface area contributed by atoms with Gasteiger partial charge in [-0.2, -0.15) is 0 Å². The highest BCUT2D eigenvalue weighted by Crippen LogP contribution is 2.33. The van der Waals surface area contributed by atoms with Crippen molar-refractivity contribution in [3.63, 3.8) is 0 Å². The summed E-state index contributed by atoms with van der Waals surface area (Å²) in [5.74, 6) is 1.03. The molecule has 9 heteroatoms. The second-order valence-electron chi connectivity index (χ2n) is 10.5. The molecular formula is C34H31N5O4. The van der Waals surface area contributed by atoms with Crippen molar-refractivity contribution < 1.29 is 19.1 Å². The van der Waals surface area contributed by atoms with Crippen LogP contribution in [0, 0.1) is 13.8 Å². The number of aromatic nitrogens is 3. The zero-order valence-electron chi connectivity index (χ0n) is 24.1. The minimum Gasteiger partial charge on any atom is -0.493 e. The quantitative estimate of drug-likeness (QED) is 0.304. The van der Waals surface area contributed by atoms with E-state index in [9.17, 15) is 9.59 Å². The third-order valence-corrected chi connectivity index (χ3v) is 7.59. The predicted molar refractivity (Wildman–Crippen MR) is 162 cm³/mol. The van der Waals surface area contributed by atoms with Gasteiger partial charge >= 0.3 is 0 Å². The molecule has 0 radical (unpaired) electrons. The Labute approximate surface area is 249 Å². The fraction of sp³-hybridized carbons (Fsp3) is 0.176. The van der Waals surface area contributed by atoms with Gasteiger partial charge in [-0.15, -0.1) is 0 Å². The minimum absolute atomic E-state index is 0.190. The average Bonchev–Trinajstić information content (AvgIpc) is 3.53. The van der Waals surface area contributed by atoms with E-state index in [2.05, 4.69) is 46.6 Å². The van der Waals surface area contributed by atoms with Crippen LogP contribution in [0.5, 0.6) is 11.5 Å². The van der Waals surface area contributed by atoms with E-state index < -0.39 is 6.04 Å². The van der Waals surface area contributed by atoms with Crippen molar-refractivity contribution >= 4 is 11.8 Å². The number of aryl methyl sites for hydroxylation is 2. The Morgan fingerprint density at radius 2 is 1.91 bits per heavy atom. The molecule has 2 aromatic heterocycles. The lowest BCUT2D eigenvalue weighted by molar-refractivity contribution is -0.123. The number of nitrogens with zero attached hydrogens (tertiary/aromatic N) is 3. The zero-order chi connectivity index (χ0) is 29.9. The molecule has 1 unspecified atom stereocenters. The summed E-state index contributed by atoms with van der Waals surface area (Å²) in [5, 5.41) is 6.12. The predicted octanol–water partition coefficient (Wildman–Crippen LogP) is 5.09. The molecule has 2 amide bonds. The van der Waals surface area contributed by atoms with Crippen LogP contribution in [0.25, 0.3) is 17.1 Å². The van der Waals surface area contributed by atoms with Gasteiger partial charge in [-0.1, -0.05) is 24.3 Å². The Bertz CT molecular complexity index is 1820. The number of carbonyl (C=O) groups excluding carboxylic acids is 2. The van der Waals surface area contributed by atoms with Gasteiger partial charge in [-0.3, -0.25) is 19.1 Å². The third kappa shape index (κ3) is 5.83. The summed E-state index contributed by atoms with van der Waals surface area (Å²) in [5.41, 5.74) is 6.83. The van der Waals surface area contributed by atoms with Crippen LogP contribution in [0.1, 0.15) is 44.2 Å². The molecule has 3 aromatic carbocycles. The van der Waals surface area contributed by atoms with Crippen LogP contribution in [-0.4, -0.2) is 40.1 Å². The summed E-state index contributed by atoms with van der Waals surface area (Å²) in [6.45, 7) is 4.14. The fourth-order valence-corrected chi connectivity index (χ4v) is 5.16. The van der Waals surface area contributed by atoms with Crippen molar-refractivity contribution in [1.82, 2.24) is 25.2 Å². The van der Waals surface area contributed by atoms with Crippen molar-refractivity contribution in [2.75, 3.05) is 13.7 Å². The van der Waals surface area contributed by atoms with Gasteiger partial charge in [0.2, 0.25) is 0 Å². The van der Waals surface area contributed by atoms with Crippen LogP contribution in [0.2, 0.25) is 0 Å². The molecule has 216 valence electrons. The first-order valence-electron chi connectivity index (χ1n) is 13.9. The monoisotopic (exact) mass is 573 g/mol. The van der Waals surface area contributed by atoms with Crippen molar-refractivity contribution in [1.29, 1.82) is 0 Å². The summed E-state index contributed by atoms with van der Waals surface area (Å²) in [4.78, 5) is 35.6. The van der Waals surface area contributed by atoms with Gasteiger partial charge in [0.05, 0.1) is 13.2 Å². The second kappa shape index (κ2) is 11.8. The molecule has 0 saturated carbocycles. The first kappa shape index (κ1) is 27.7. The van der Waals surface area contributed by atoms with Crippen molar-refractivity contribution in [3.05, 3.63) is 125 Å². The molecule has 6 rings (SSSR count). The van der Waals surface area contributed by atoms with E-state index >= 15 is 0 Å². The van der Waals surface area contributed by atoms with E-state index in [0.717, 1.165) is 33.5 Å². The molecule has 1 aliphatic heterocycles. The molecule has 3 heterocycles. The second-order valence-corrected chi connectivity index (χ2v) is 10.5. The molecule has 4 bridgehead atoms. The Morgan fingerprint density at radius 1 is 1.02 bits per heavy atom. The number of benzene rings is 3. The van der Waals surface area contributed by atoms with Gasteiger partial charge in [-0.25, -0.2) is 4.98 Å². The Hall–Kier alpha value is -5.44. The zero-order valence-corrected chi connectivity index (χ0v) is 24.1. The number of hydrogen-bond donors (Lipinski definition) is 2. The first-order chi connectivity index (χ1) is 20.9. The van der Waals surface area contributed by atoms with Crippen LogP contribution in [0.3, 0.4) is 0 Å². The topological polar surface area (TPSA) is 107 Å². The summed E-state index contributed by atoms with van der Waals surface area (Å²) in [7, 11) is 1.55. The number of fused-ring (bicyclic) bond motifs is 7. The number of nitrogens with one attached hydrogen (secondary N) is 2. The molecule has 0 saturated heterocycles. The van der Waals surface area contributed by atoms with E-state index in [1.807, 2.05) is 47.2 Å². The van der Waals surface area contributed by atoms with Crippen molar-refractivity contribution in [2.45, 2.75) is 26.4 Å². The van der Waals surface area contributed by atoms with Crippen molar-refractivity contribution in [2.24, 2.45) is 0 Å². The van der Waals surface area contributed by atoms with Crippen LogP contribution in [-0.2, 0) is 11.3 Å². The lowest BCUT2D eigenvalue weighted by Gasteiger charge is -2.21. The van der Waals surface area contributed by atoms with Crippen LogP contribution in [0.4, 0.5) is 0 Å². The van der Waals surface area contributed by atoms with Gasteiger partial charge in [0, 0.05) is 48.1 Å². The summed E-state index contributed by atoms with van der Waals surface area (Å²) >= 11 is 0. The molecule has 2 N–H and O–H groups in total. The largest absolute Gasteiger partial charge is 0.493 e. The molecule has 43 heavy (non-hydrogen) atoms. The molecule has 1 atom stereocenters. The third-order valence-electron chi connectivity index (χ3n) is 7.59. The Morgan fingerprint density at radius 3 is 2.70 bits per heavy atom. The lowest BCUT2D eigenvalue weighted by Crippen LogP contribution is -2.30. The lowest BCUT2D eigenvalue weighted by atomic mass is 9.96. The molecule has 5 aromatic rings. The molecule has 9 nitrogen and oxygen atoms in total. The highest BCUT2D eigenvalue weighted by Gasteiger charge is 2.21. The summed E-state index contributed by atoms with van der Waals surface area (Å²) in [6, 6.07) is 20.6. The van der Waals surface area contributed by atoms with Crippen LogP contribution < -0.4 is 20.1 Å². The number of ether oxygens (including phenoxy) is 2. The van der Waals surface area contributed by atoms with Gasteiger partial charge < -0.3 is 20.1 Å². The standard InChI is InChI=1S/C34H31N5O4/c1-21-6-7-24(13-22(21)2)32(26-5-4-10-35-19-26)38-34(41)27-14-23-15-28(16-27)39-12-11-36-33(39)25-8-9-29(42-3)30(17-25)43-20-31(40)37-18-23/h4-17,19,32H,18,20H2,1-3H3,(H,37,40)(H,38,41). The smallest absolute Gasteiger partial charge is 0.258 e. The molecular weight excluding hydrogens is 542 g/mol. The number of amides is 2. The Kier molecular flexibility index (Phi) is 7.61. The van der Waals surface area contributed by atoms with Gasteiger partial charge in [-0.05, 0) is 84.1 Å². The normalized spacial score (nSPS) is 13.2.